The van der Waals surface area contributed by atoms with Crippen LogP contribution in [0.1, 0.15) is 6.42 Å². The maximum Gasteiger partial charge on any atom is 0.281 e. The van der Waals surface area contributed by atoms with Gasteiger partial charge in [0.15, 0.2) is 6.19 Å². The molecule has 1 saturated heterocycles. The molecule has 1 aromatic heterocycles. The van der Waals surface area contributed by atoms with Crippen molar-refractivity contribution in [3.8, 4) is 23.2 Å². The van der Waals surface area contributed by atoms with Crippen LogP contribution in [0.2, 0.25) is 0 Å². The van der Waals surface area contributed by atoms with Crippen LogP contribution in [-0.4, -0.2) is 34.5 Å². The Hall–Kier alpha value is -3.07. The van der Waals surface area contributed by atoms with Crippen molar-refractivity contribution in [1.82, 2.24) is 9.88 Å². The number of aromatic nitrogens is 1. The molecule has 6 heteroatoms. The minimum atomic E-state index is -1.01. The molecule has 1 fully saturated rings. The Morgan fingerprint density at radius 2 is 2.13 bits per heavy atom. The molecule has 0 saturated carbocycles. The van der Waals surface area contributed by atoms with Gasteiger partial charge in [0.1, 0.15) is 0 Å². The number of amides is 1. The summed E-state index contributed by atoms with van der Waals surface area (Å²) in [6.07, 6.45) is 4.11. The van der Waals surface area contributed by atoms with Crippen LogP contribution in [0.5, 0.6) is 5.88 Å². The third kappa shape index (κ3) is 2.09. The van der Waals surface area contributed by atoms with Gasteiger partial charge in [-0.15, -0.1) is 0 Å². The average molecular weight is 306 g/mol. The van der Waals surface area contributed by atoms with E-state index in [2.05, 4.69) is 10.3 Å². The van der Waals surface area contributed by atoms with E-state index >= 15 is 0 Å². The lowest BCUT2D eigenvalue weighted by Crippen LogP contribution is -2.51. The van der Waals surface area contributed by atoms with E-state index in [0.717, 1.165) is 21.7 Å². The summed E-state index contributed by atoms with van der Waals surface area (Å²) >= 11 is 0. The fourth-order valence-electron chi connectivity index (χ4n) is 3.01. The maximum atomic E-state index is 12.3. The number of benzene rings is 1. The second kappa shape index (κ2) is 4.99. The number of carbonyl (C=O) groups is 1. The van der Waals surface area contributed by atoms with Gasteiger partial charge in [-0.2, -0.15) is 5.26 Å². The molecule has 1 atom stereocenters. The van der Waals surface area contributed by atoms with Crippen LogP contribution in [0.25, 0.3) is 11.1 Å². The van der Waals surface area contributed by atoms with Gasteiger partial charge in [-0.05, 0) is 11.6 Å². The number of fused-ring (bicyclic) bond motifs is 1. The van der Waals surface area contributed by atoms with Crippen LogP contribution in [0.4, 0.5) is 5.69 Å². The second-order valence-corrected chi connectivity index (χ2v) is 5.70. The lowest BCUT2D eigenvalue weighted by Gasteiger charge is -2.33. The number of rotatable bonds is 1. The topological polar surface area (TPSA) is 78.2 Å². The molecule has 114 valence electrons. The molecular formula is C17H14N4O2. The number of hydrogen-bond acceptors (Lipinski definition) is 5. The van der Waals surface area contributed by atoms with Crippen molar-refractivity contribution in [2.24, 2.45) is 0 Å². The summed E-state index contributed by atoms with van der Waals surface area (Å²) in [5.41, 5.74) is 1.80. The molecule has 1 aromatic carbocycles. The molecule has 3 heterocycles. The number of likely N-dealkylation sites (tertiary alicyclic amines) is 1. The number of hydrogen-bond donors (Lipinski definition) is 1. The lowest BCUT2D eigenvalue weighted by molar-refractivity contribution is -0.138. The largest absolute Gasteiger partial charge is 0.457 e. The monoisotopic (exact) mass is 306 g/mol. The number of pyridine rings is 1. The van der Waals surface area contributed by atoms with Crippen LogP contribution in [0.15, 0.2) is 42.6 Å². The zero-order valence-corrected chi connectivity index (χ0v) is 12.3. The fourth-order valence-corrected chi connectivity index (χ4v) is 3.01. The van der Waals surface area contributed by atoms with Crippen LogP contribution in [-0.2, 0) is 4.79 Å². The molecule has 4 rings (SSSR count). The SMILES string of the molecule is N#CN1CCC2(CNc3cc(-c4ccccc4)cnc3O2)C1=O. The number of nitrogens with one attached hydrogen (secondary N) is 1. The highest BCUT2D eigenvalue weighted by Crippen LogP contribution is 2.38. The van der Waals surface area contributed by atoms with Crippen molar-refractivity contribution in [3.05, 3.63) is 42.6 Å². The molecule has 1 unspecified atom stereocenters. The highest BCUT2D eigenvalue weighted by molar-refractivity contribution is 5.90. The summed E-state index contributed by atoms with van der Waals surface area (Å²) in [6.45, 7) is 0.728. The van der Waals surface area contributed by atoms with Crippen LogP contribution in [0, 0.1) is 11.5 Å². The fraction of sp³-hybridized carbons (Fsp3) is 0.235. The van der Waals surface area contributed by atoms with Crippen LogP contribution in [0.3, 0.4) is 0 Å². The highest BCUT2D eigenvalue weighted by atomic mass is 16.5. The molecule has 2 aromatic rings. The van der Waals surface area contributed by atoms with E-state index in [1.54, 1.807) is 6.20 Å². The van der Waals surface area contributed by atoms with Crippen molar-refractivity contribution in [1.29, 1.82) is 5.26 Å². The average Bonchev–Trinajstić information content (AvgIpc) is 2.91. The normalized spacial score (nSPS) is 22.2. The standard InChI is InChI=1S/C17H14N4O2/c18-11-21-7-6-17(16(21)22)10-20-14-8-13(9-19-15(14)23-17)12-4-2-1-3-5-12/h1-5,8-9,20H,6-7,10H2. The molecule has 0 bridgehead atoms. The molecule has 6 nitrogen and oxygen atoms in total. The van der Waals surface area contributed by atoms with E-state index in [0.29, 0.717) is 25.4 Å². The summed E-state index contributed by atoms with van der Waals surface area (Å²) in [5.74, 6) is 0.108. The Balaban J connectivity index is 1.65. The van der Waals surface area contributed by atoms with Gasteiger partial charge in [-0.1, -0.05) is 30.3 Å². The Morgan fingerprint density at radius 3 is 2.87 bits per heavy atom. The molecule has 1 spiro atoms. The van der Waals surface area contributed by atoms with Gasteiger partial charge in [-0.3, -0.25) is 4.79 Å². The summed E-state index contributed by atoms with van der Waals surface area (Å²) in [7, 11) is 0. The Labute approximate surface area is 133 Å². The van der Waals surface area contributed by atoms with Crippen molar-refractivity contribution in [3.63, 3.8) is 0 Å². The Bertz CT molecular complexity index is 815. The van der Waals surface area contributed by atoms with E-state index in [4.69, 9.17) is 10.00 Å². The van der Waals surface area contributed by atoms with E-state index in [1.165, 1.54) is 0 Å². The quantitative estimate of drug-likeness (QED) is 0.815. The summed E-state index contributed by atoms with van der Waals surface area (Å²) < 4.78 is 5.90. The number of nitrogens with zero attached hydrogens (tertiary/aromatic N) is 3. The summed E-state index contributed by atoms with van der Waals surface area (Å²) in [4.78, 5) is 17.8. The predicted molar refractivity (Wildman–Crippen MR) is 83.5 cm³/mol. The molecule has 0 radical (unpaired) electrons. The second-order valence-electron chi connectivity index (χ2n) is 5.70. The first-order chi connectivity index (χ1) is 11.2. The van der Waals surface area contributed by atoms with Crippen molar-refractivity contribution in [2.45, 2.75) is 12.0 Å². The van der Waals surface area contributed by atoms with Crippen molar-refractivity contribution < 1.29 is 9.53 Å². The smallest absolute Gasteiger partial charge is 0.281 e. The van der Waals surface area contributed by atoms with E-state index in [1.807, 2.05) is 42.6 Å². The third-order valence-corrected chi connectivity index (χ3v) is 4.31. The number of carbonyl (C=O) groups excluding carboxylic acids is 1. The maximum absolute atomic E-state index is 12.3. The first kappa shape index (κ1) is 13.6. The van der Waals surface area contributed by atoms with Gasteiger partial charge >= 0.3 is 0 Å². The van der Waals surface area contributed by atoms with E-state index in [9.17, 15) is 4.79 Å². The Morgan fingerprint density at radius 1 is 1.30 bits per heavy atom. The molecular weight excluding hydrogens is 292 g/mol. The first-order valence-corrected chi connectivity index (χ1v) is 7.42. The first-order valence-electron chi connectivity index (χ1n) is 7.42. The zero-order chi connectivity index (χ0) is 15.9. The van der Waals surface area contributed by atoms with Crippen molar-refractivity contribution in [2.75, 3.05) is 18.4 Å². The van der Waals surface area contributed by atoms with Gasteiger partial charge in [0.05, 0.1) is 12.2 Å². The van der Waals surface area contributed by atoms with Gasteiger partial charge in [0, 0.05) is 24.7 Å². The molecule has 0 aliphatic carbocycles. The minimum Gasteiger partial charge on any atom is -0.457 e. The van der Waals surface area contributed by atoms with Gasteiger partial charge < -0.3 is 10.1 Å². The van der Waals surface area contributed by atoms with Gasteiger partial charge in [-0.25, -0.2) is 9.88 Å². The lowest BCUT2D eigenvalue weighted by atomic mass is 10.00. The summed E-state index contributed by atoms with van der Waals surface area (Å²) in [5, 5.41) is 12.2. The van der Waals surface area contributed by atoms with Crippen LogP contribution < -0.4 is 10.1 Å². The number of anilines is 1. The molecule has 1 N–H and O–H groups in total. The zero-order valence-electron chi connectivity index (χ0n) is 12.3. The minimum absolute atomic E-state index is 0.299. The number of ether oxygens (including phenoxy) is 1. The van der Waals surface area contributed by atoms with Gasteiger partial charge in [0.25, 0.3) is 5.91 Å². The molecule has 2 aliphatic heterocycles. The van der Waals surface area contributed by atoms with E-state index < -0.39 is 5.60 Å². The van der Waals surface area contributed by atoms with Gasteiger partial charge in [0.2, 0.25) is 11.5 Å². The third-order valence-electron chi connectivity index (χ3n) is 4.31. The Kier molecular flexibility index (Phi) is 2.95. The van der Waals surface area contributed by atoms with Crippen molar-refractivity contribution >= 4 is 11.6 Å². The number of nitriles is 1. The molecule has 23 heavy (non-hydrogen) atoms. The molecule has 1 amide bonds. The predicted octanol–water partition coefficient (Wildman–Crippen LogP) is 2.01. The molecule has 2 aliphatic rings. The summed E-state index contributed by atoms with van der Waals surface area (Å²) in [6, 6.07) is 11.9. The van der Waals surface area contributed by atoms with E-state index in [-0.39, 0.29) is 5.91 Å². The van der Waals surface area contributed by atoms with Crippen LogP contribution >= 0.6 is 0 Å². The highest BCUT2D eigenvalue weighted by Gasteiger charge is 2.51.